The van der Waals surface area contributed by atoms with E-state index in [0.717, 1.165) is 54.5 Å². The summed E-state index contributed by atoms with van der Waals surface area (Å²) >= 11 is 0. The van der Waals surface area contributed by atoms with Gasteiger partial charge in [0.1, 0.15) is 18.5 Å². The highest BCUT2D eigenvalue weighted by Gasteiger charge is 2.22. The Morgan fingerprint density at radius 2 is 1.68 bits per heavy atom. The molecule has 25 heavy (non-hydrogen) atoms. The van der Waals surface area contributed by atoms with Crippen molar-refractivity contribution in [2.24, 2.45) is 0 Å². The van der Waals surface area contributed by atoms with Crippen LogP contribution in [0.15, 0.2) is 43.4 Å². The molecule has 5 rings (SSSR count). The van der Waals surface area contributed by atoms with Crippen LogP contribution in [-0.2, 0) is 0 Å². The lowest BCUT2D eigenvalue weighted by molar-refractivity contribution is 0.643. The van der Waals surface area contributed by atoms with Crippen LogP contribution in [0, 0.1) is 0 Å². The van der Waals surface area contributed by atoms with Crippen LogP contribution in [0.5, 0.6) is 0 Å². The van der Waals surface area contributed by atoms with E-state index in [1.165, 1.54) is 0 Å². The predicted octanol–water partition coefficient (Wildman–Crippen LogP) is 0.789. The first kappa shape index (κ1) is 14.0. The highest BCUT2D eigenvalue weighted by atomic mass is 15.3. The van der Waals surface area contributed by atoms with E-state index in [0.29, 0.717) is 0 Å². The first-order chi connectivity index (χ1) is 12.4. The number of rotatable bonds is 2. The molecule has 0 aromatic carbocycles. The molecule has 0 saturated carbocycles. The summed E-state index contributed by atoms with van der Waals surface area (Å²) in [7, 11) is 0. The maximum Gasteiger partial charge on any atom is 0.203 e. The van der Waals surface area contributed by atoms with Crippen LogP contribution >= 0.6 is 0 Å². The summed E-state index contributed by atoms with van der Waals surface area (Å²) in [5.41, 5.74) is 1.51. The molecule has 9 nitrogen and oxygen atoms in total. The van der Waals surface area contributed by atoms with Crippen molar-refractivity contribution in [1.29, 1.82) is 0 Å². The molecule has 0 amide bonds. The van der Waals surface area contributed by atoms with E-state index < -0.39 is 0 Å². The number of nitrogens with zero attached hydrogens (tertiary/aromatic N) is 9. The molecule has 4 aromatic heterocycles. The maximum atomic E-state index is 4.50. The summed E-state index contributed by atoms with van der Waals surface area (Å²) in [6.07, 6.45) is 8.66. The van der Waals surface area contributed by atoms with Gasteiger partial charge in [0, 0.05) is 44.8 Å². The summed E-state index contributed by atoms with van der Waals surface area (Å²) in [6, 6.07) is 3.93. The van der Waals surface area contributed by atoms with Crippen molar-refractivity contribution in [3.63, 3.8) is 0 Å². The van der Waals surface area contributed by atoms with E-state index in [1.54, 1.807) is 25.0 Å². The minimum Gasteiger partial charge on any atom is -0.352 e. The van der Waals surface area contributed by atoms with E-state index in [9.17, 15) is 0 Å². The maximum absolute atomic E-state index is 4.50. The van der Waals surface area contributed by atoms with Crippen molar-refractivity contribution < 1.29 is 0 Å². The summed E-state index contributed by atoms with van der Waals surface area (Å²) < 4.78 is 1.89. The van der Waals surface area contributed by atoms with Gasteiger partial charge in [0.2, 0.25) is 5.65 Å². The molecule has 1 aliphatic rings. The Morgan fingerprint density at radius 1 is 0.840 bits per heavy atom. The van der Waals surface area contributed by atoms with E-state index in [2.05, 4.69) is 39.9 Å². The van der Waals surface area contributed by atoms with Crippen LogP contribution < -0.4 is 9.80 Å². The molecule has 0 spiro atoms. The molecule has 0 atom stereocenters. The fourth-order valence-electron chi connectivity index (χ4n) is 3.23. The Balaban J connectivity index is 1.42. The van der Waals surface area contributed by atoms with Gasteiger partial charge in [-0.15, -0.1) is 10.2 Å². The summed E-state index contributed by atoms with van der Waals surface area (Å²) in [5.74, 6) is 1.81. The number of pyridine rings is 1. The van der Waals surface area contributed by atoms with Gasteiger partial charge in [-0.2, -0.15) is 0 Å². The highest BCUT2D eigenvalue weighted by molar-refractivity contribution is 5.86. The molecule has 0 radical (unpaired) electrons. The Bertz CT molecular complexity index is 1030. The van der Waals surface area contributed by atoms with Crippen LogP contribution in [0.4, 0.5) is 11.6 Å². The number of aromatic nitrogens is 7. The smallest absolute Gasteiger partial charge is 0.203 e. The quantitative estimate of drug-likeness (QED) is 0.532. The molecular weight excluding hydrogens is 318 g/mol. The van der Waals surface area contributed by atoms with Gasteiger partial charge in [-0.25, -0.2) is 19.9 Å². The van der Waals surface area contributed by atoms with Crippen LogP contribution in [0.3, 0.4) is 0 Å². The number of anilines is 2. The number of hydrogen-bond acceptors (Lipinski definition) is 8. The summed E-state index contributed by atoms with van der Waals surface area (Å²) in [4.78, 5) is 22.0. The first-order valence-electron chi connectivity index (χ1n) is 8.10. The van der Waals surface area contributed by atoms with Crippen molar-refractivity contribution in [1.82, 2.24) is 34.5 Å². The second-order valence-electron chi connectivity index (χ2n) is 5.86. The average molecular weight is 333 g/mol. The fourth-order valence-corrected chi connectivity index (χ4v) is 3.23. The Hall–Kier alpha value is -3.36. The third kappa shape index (κ3) is 2.32. The molecular formula is C16H15N9. The SMILES string of the molecule is c1cnc2ncnc(N3CCN(c4nccn5cnnc45)CC3)c2c1. The van der Waals surface area contributed by atoms with Gasteiger partial charge in [0.25, 0.3) is 0 Å². The number of piperazine rings is 1. The third-order valence-corrected chi connectivity index (χ3v) is 4.46. The normalized spacial score (nSPS) is 15.2. The van der Waals surface area contributed by atoms with Gasteiger partial charge in [0.05, 0.1) is 5.39 Å². The molecule has 9 heteroatoms. The van der Waals surface area contributed by atoms with Crippen LogP contribution in [-0.4, -0.2) is 60.7 Å². The van der Waals surface area contributed by atoms with Crippen molar-refractivity contribution >= 4 is 28.3 Å². The van der Waals surface area contributed by atoms with Crippen LogP contribution in [0.2, 0.25) is 0 Å². The summed E-state index contributed by atoms with van der Waals surface area (Å²) in [6.45, 7) is 3.37. The number of hydrogen-bond donors (Lipinski definition) is 0. The molecule has 1 aliphatic heterocycles. The van der Waals surface area contributed by atoms with E-state index >= 15 is 0 Å². The van der Waals surface area contributed by atoms with E-state index in [1.807, 2.05) is 22.7 Å². The second-order valence-corrected chi connectivity index (χ2v) is 5.86. The molecule has 0 unspecified atom stereocenters. The largest absolute Gasteiger partial charge is 0.352 e. The topological polar surface area (TPSA) is 88.2 Å². The molecule has 5 heterocycles. The second kappa shape index (κ2) is 5.62. The van der Waals surface area contributed by atoms with Gasteiger partial charge in [0.15, 0.2) is 11.5 Å². The third-order valence-electron chi connectivity index (χ3n) is 4.46. The monoisotopic (exact) mass is 333 g/mol. The van der Waals surface area contributed by atoms with Gasteiger partial charge in [-0.05, 0) is 12.1 Å². The lowest BCUT2D eigenvalue weighted by Gasteiger charge is -2.36. The van der Waals surface area contributed by atoms with Crippen molar-refractivity contribution in [3.05, 3.63) is 43.4 Å². The minimum atomic E-state index is 0.727. The van der Waals surface area contributed by atoms with Crippen molar-refractivity contribution in [2.45, 2.75) is 0 Å². The molecule has 1 fully saturated rings. The first-order valence-corrected chi connectivity index (χ1v) is 8.10. The predicted molar refractivity (Wildman–Crippen MR) is 92.5 cm³/mol. The van der Waals surface area contributed by atoms with Gasteiger partial charge in [-0.3, -0.25) is 4.40 Å². The molecule has 4 aromatic rings. The average Bonchev–Trinajstić information content (AvgIpc) is 3.17. The van der Waals surface area contributed by atoms with E-state index in [-0.39, 0.29) is 0 Å². The number of fused-ring (bicyclic) bond motifs is 2. The summed E-state index contributed by atoms with van der Waals surface area (Å²) in [5, 5.41) is 9.13. The highest BCUT2D eigenvalue weighted by Crippen LogP contribution is 2.24. The van der Waals surface area contributed by atoms with Gasteiger partial charge in [-0.1, -0.05) is 0 Å². The molecule has 0 bridgehead atoms. The van der Waals surface area contributed by atoms with Gasteiger partial charge < -0.3 is 9.80 Å². The zero-order valence-corrected chi connectivity index (χ0v) is 13.4. The lowest BCUT2D eigenvalue weighted by atomic mass is 10.2. The minimum absolute atomic E-state index is 0.727. The van der Waals surface area contributed by atoms with E-state index in [4.69, 9.17) is 0 Å². The zero-order chi connectivity index (χ0) is 16.6. The zero-order valence-electron chi connectivity index (χ0n) is 13.4. The van der Waals surface area contributed by atoms with Crippen molar-refractivity contribution in [2.75, 3.05) is 36.0 Å². The molecule has 0 N–H and O–H groups in total. The Labute approximate surface area is 143 Å². The standard InChI is InChI=1S/C16H15N9/c1-2-12-13(17-3-1)19-10-20-14(12)23-6-8-24(9-7-23)15-16-22-21-11-25(16)5-4-18-15/h1-5,10-11H,6-9H2. The Morgan fingerprint density at radius 3 is 2.56 bits per heavy atom. The van der Waals surface area contributed by atoms with Crippen LogP contribution in [0.1, 0.15) is 0 Å². The van der Waals surface area contributed by atoms with Crippen LogP contribution in [0.25, 0.3) is 16.7 Å². The molecule has 0 aliphatic carbocycles. The molecule has 124 valence electrons. The lowest BCUT2D eigenvalue weighted by Crippen LogP contribution is -2.47. The molecule has 1 saturated heterocycles. The van der Waals surface area contributed by atoms with Crippen molar-refractivity contribution in [3.8, 4) is 0 Å². The Kier molecular flexibility index (Phi) is 3.15. The van der Waals surface area contributed by atoms with Gasteiger partial charge >= 0.3 is 0 Å². The fraction of sp³-hybridized carbons (Fsp3) is 0.250.